The number of nitrogens with zero attached hydrogens (tertiary/aromatic N) is 1. The highest BCUT2D eigenvalue weighted by molar-refractivity contribution is 8.02. The van der Waals surface area contributed by atoms with Gasteiger partial charge in [0.2, 0.25) is 5.91 Å². The van der Waals surface area contributed by atoms with E-state index in [1.807, 2.05) is 4.90 Å². The third kappa shape index (κ3) is 3.91. The van der Waals surface area contributed by atoms with Gasteiger partial charge in [0.1, 0.15) is 4.75 Å². The Morgan fingerprint density at radius 2 is 1.76 bits per heavy atom. The van der Waals surface area contributed by atoms with Crippen LogP contribution in [0.4, 0.5) is 0 Å². The summed E-state index contributed by atoms with van der Waals surface area (Å²) < 4.78 is -0.912. The molecule has 1 fully saturated rings. The molecular formula is C12H21NO3S. The summed E-state index contributed by atoms with van der Waals surface area (Å²) in [4.78, 5) is 25.0. The minimum atomic E-state index is -0.912. The number of likely N-dealkylation sites (tertiary alicyclic amines) is 1. The van der Waals surface area contributed by atoms with E-state index in [1.54, 1.807) is 20.8 Å². The molecular weight excluding hydrogens is 238 g/mol. The summed E-state index contributed by atoms with van der Waals surface area (Å²) in [5.74, 6) is -0.801. The van der Waals surface area contributed by atoms with Crippen LogP contribution in [0.1, 0.15) is 40.0 Å². The first kappa shape index (κ1) is 14.4. The number of piperidine rings is 1. The van der Waals surface area contributed by atoms with Crippen molar-refractivity contribution in [2.24, 2.45) is 0 Å². The van der Waals surface area contributed by atoms with Crippen molar-refractivity contribution in [3.63, 3.8) is 0 Å². The molecule has 0 aromatic heterocycles. The second-order valence-electron chi connectivity index (χ2n) is 4.96. The van der Waals surface area contributed by atoms with Crippen LogP contribution >= 0.6 is 11.8 Å². The Morgan fingerprint density at radius 3 is 2.24 bits per heavy atom. The molecule has 0 aliphatic carbocycles. The van der Waals surface area contributed by atoms with Gasteiger partial charge in [0, 0.05) is 13.1 Å². The second-order valence-corrected chi connectivity index (χ2v) is 6.92. The number of thioether (sulfide) groups is 1. The molecule has 1 unspecified atom stereocenters. The standard InChI is InChI=1S/C12H21NO3S/c1-9(17-12(2,3)11(15)16)10(14)13-7-5-4-6-8-13/h9H,4-8H2,1-3H3,(H,15,16). The van der Waals surface area contributed by atoms with Gasteiger partial charge in [-0.25, -0.2) is 0 Å². The van der Waals surface area contributed by atoms with Crippen molar-refractivity contribution in [3.8, 4) is 0 Å². The SMILES string of the molecule is CC(SC(C)(C)C(=O)O)C(=O)N1CCCCC1. The first-order valence-electron chi connectivity index (χ1n) is 6.04. The lowest BCUT2D eigenvalue weighted by molar-refractivity contribution is -0.138. The highest BCUT2D eigenvalue weighted by atomic mass is 32.2. The van der Waals surface area contributed by atoms with Crippen molar-refractivity contribution in [2.75, 3.05) is 13.1 Å². The molecule has 0 radical (unpaired) electrons. The van der Waals surface area contributed by atoms with Gasteiger partial charge in [-0.15, -0.1) is 11.8 Å². The van der Waals surface area contributed by atoms with Crippen LogP contribution in [0.2, 0.25) is 0 Å². The number of amides is 1. The van der Waals surface area contributed by atoms with E-state index >= 15 is 0 Å². The zero-order chi connectivity index (χ0) is 13.1. The van der Waals surface area contributed by atoms with Crippen molar-refractivity contribution in [3.05, 3.63) is 0 Å². The average molecular weight is 259 g/mol. The number of carbonyl (C=O) groups excluding carboxylic acids is 1. The molecule has 1 aliphatic heterocycles. The molecule has 0 aromatic carbocycles. The molecule has 1 N–H and O–H groups in total. The topological polar surface area (TPSA) is 57.6 Å². The fourth-order valence-corrected chi connectivity index (χ4v) is 3.15. The molecule has 0 saturated carbocycles. The van der Waals surface area contributed by atoms with E-state index in [2.05, 4.69) is 0 Å². The largest absolute Gasteiger partial charge is 0.480 e. The summed E-state index contributed by atoms with van der Waals surface area (Å²) in [6.07, 6.45) is 3.31. The van der Waals surface area contributed by atoms with Gasteiger partial charge in [0.05, 0.1) is 5.25 Å². The second kappa shape index (κ2) is 5.76. The van der Waals surface area contributed by atoms with Crippen LogP contribution in [-0.2, 0) is 9.59 Å². The summed E-state index contributed by atoms with van der Waals surface area (Å²) in [5, 5.41) is 8.74. The number of rotatable bonds is 4. The van der Waals surface area contributed by atoms with E-state index in [0.717, 1.165) is 25.9 Å². The van der Waals surface area contributed by atoms with E-state index in [1.165, 1.54) is 18.2 Å². The Balaban J connectivity index is 2.54. The van der Waals surface area contributed by atoms with Gasteiger partial charge < -0.3 is 10.0 Å². The van der Waals surface area contributed by atoms with E-state index in [-0.39, 0.29) is 11.2 Å². The normalized spacial score (nSPS) is 18.9. The summed E-state index contributed by atoms with van der Waals surface area (Å²) in [6, 6.07) is 0. The summed E-state index contributed by atoms with van der Waals surface area (Å²) in [6.45, 7) is 6.71. The van der Waals surface area contributed by atoms with Crippen LogP contribution in [0, 0.1) is 0 Å². The molecule has 1 aliphatic rings. The smallest absolute Gasteiger partial charge is 0.319 e. The lowest BCUT2D eigenvalue weighted by Gasteiger charge is -2.31. The molecule has 0 aromatic rings. The Hall–Kier alpha value is -0.710. The van der Waals surface area contributed by atoms with Gasteiger partial charge in [0.25, 0.3) is 0 Å². The molecule has 0 bridgehead atoms. The lowest BCUT2D eigenvalue weighted by atomic mass is 10.1. The highest BCUT2D eigenvalue weighted by Gasteiger charge is 2.34. The molecule has 98 valence electrons. The number of hydrogen-bond donors (Lipinski definition) is 1. The van der Waals surface area contributed by atoms with E-state index in [0.29, 0.717) is 0 Å². The number of carbonyl (C=O) groups is 2. The predicted octanol–water partition coefficient (Wildman–Crippen LogP) is 1.98. The lowest BCUT2D eigenvalue weighted by Crippen LogP contribution is -2.42. The highest BCUT2D eigenvalue weighted by Crippen LogP contribution is 2.30. The van der Waals surface area contributed by atoms with Crippen LogP contribution in [0.3, 0.4) is 0 Å². The maximum Gasteiger partial charge on any atom is 0.319 e. The summed E-state index contributed by atoms with van der Waals surface area (Å²) >= 11 is 1.22. The van der Waals surface area contributed by atoms with Crippen LogP contribution in [0.5, 0.6) is 0 Å². The van der Waals surface area contributed by atoms with E-state index < -0.39 is 10.7 Å². The maximum absolute atomic E-state index is 12.1. The molecule has 17 heavy (non-hydrogen) atoms. The van der Waals surface area contributed by atoms with E-state index in [9.17, 15) is 9.59 Å². The predicted molar refractivity (Wildman–Crippen MR) is 69.2 cm³/mol. The summed E-state index contributed by atoms with van der Waals surface area (Å²) in [5.41, 5.74) is 0. The monoisotopic (exact) mass is 259 g/mol. The van der Waals surface area contributed by atoms with Gasteiger partial charge in [-0.05, 0) is 40.0 Å². The van der Waals surface area contributed by atoms with Crippen molar-refractivity contribution < 1.29 is 14.7 Å². The number of carboxylic acids is 1. The number of hydrogen-bond acceptors (Lipinski definition) is 3. The Morgan fingerprint density at radius 1 is 1.24 bits per heavy atom. The van der Waals surface area contributed by atoms with Gasteiger partial charge >= 0.3 is 5.97 Å². The average Bonchev–Trinajstić information content (AvgIpc) is 2.28. The first-order chi connectivity index (χ1) is 7.84. The molecule has 0 spiro atoms. The molecule has 1 rings (SSSR count). The Bertz CT molecular complexity index is 298. The third-order valence-electron chi connectivity index (χ3n) is 3.00. The van der Waals surface area contributed by atoms with Crippen molar-refractivity contribution in [1.82, 2.24) is 4.90 Å². The van der Waals surface area contributed by atoms with Crippen molar-refractivity contribution in [1.29, 1.82) is 0 Å². The van der Waals surface area contributed by atoms with Gasteiger partial charge in [-0.2, -0.15) is 0 Å². The molecule has 1 heterocycles. The molecule has 1 saturated heterocycles. The number of carboxylic acid groups (broad SMARTS) is 1. The molecule has 4 nitrogen and oxygen atoms in total. The molecule has 5 heteroatoms. The van der Waals surface area contributed by atoms with E-state index in [4.69, 9.17) is 5.11 Å². The zero-order valence-corrected chi connectivity index (χ0v) is 11.5. The Kier molecular flexibility index (Phi) is 4.86. The van der Waals surface area contributed by atoms with Gasteiger partial charge in [-0.3, -0.25) is 9.59 Å². The minimum absolute atomic E-state index is 0.0732. The number of aliphatic carboxylic acids is 1. The van der Waals surface area contributed by atoms with Crippen LogP contribution < -0.4 is 0 Å². The van der Waals surface area contributed by atoms with Gasteiger partial charge in [-0.1, -0.05) is 0 Å². The first-order valence-corrected chi connectivity index (χ1v) is 6.92. The van der Waals surface area contributed by atoms with Crippen LogP contribution in [0.15, 0.2) is 0 Å². The fourth-order valence-electron chi connectivity index (χ4n) is 1.91. The third-order valence-corrected chi connectivity index (χ3v) is 4.32. The Labute approximate surface area is 107 Å². The molecule has 1 atom stereocenters. The molecule has 1 amide bonds. The van der Waals surface area contributed by atoms with Crippen LogP contribution in [0.25, 0.3) is 0 Å². The van der Waals surface area contributed by atoms with Crippen LogP contribution in [-0.4, -0.2) is 45.0 Å². The minimum Gasteiger partial charge on any atom is -0.480 e. The maximum atomic E-state index is 12.1. The zero-order valence-electron chi connectivity index (χ0n) is 10.7. The van der Waals surface area contributed by atoms with Crippen molar-refractivity contribution >= 4 is 23.6 Å². The fraction of sp³-hybridized carbons (Fsp3) is 0.833. The quantitative estimate of drug-likeness (QED) is 0.838. The van der Waals surface area contributed by atoms with Gasteiger partial charge in [0.15, 0.2) is 0 Å². The van der Waals surface area contributed by atoms with Crippen molar-refractivity contribution in [2.45, 2.75) is 50.0 Å². The summed E-state index contributed by atoms with van der Waals surface area (Å²) in [7, 11) is 0.